The summed E-state index contributed by atoms with van der Waals surface area (Å²) in [7, 11) is 0. The third kappa shape index (κ3) is 2.69. The number of carboxylic acid groups (broad SMARTS) is 1. The van der Waals surface area contributed by atoms with Crippen molar-refractivity contribution < 1.29 is 14.7 Å². The number of nitrogens with zero attached hydrogens (tertiary/aromatic N) is 2. The lowest BCUT2D eigenvalue weighted by Gasteiger charge is -2.26. The molecule has 2 rings (SSSR count). The third-order valence-corrected chi connectivity index (χ3v) is 4.74. The molecule has 5 nitrogen and oxygen atoms in total. The Morgan fingerprint density at radius 2 is 2.37 bits per heavy atom. The second-order valence-electron chi connectivity index (χ2n) is 4.12. The zero-order valence-electron chi connectivity index (χ0n) is 10.2. The Labute approximate surface area is 120 Å². The molecule has 19 heavy (non-hydrogen) atoms. The quantitative estimate of drug-likeness (QED) is 0.926. The second-order valence-corrected chi connectivity index (χ2v) is 5.74. The lowest BCUT2D eigenvalue weighted by atomic mass is 10.2. The Balaban J connectivity index is 2.34. The predicted octanol–water partition coefficient (Wildman–Crippen LogP) is 2.11. The molecule has 102 valence electrons. The van der Waals surface area contributed by atoms with E-state index in [1.54, 1.807) is 0 Å². The third-order valence-electron chi connectivity index (χ3n) is 2.96. The van der Waals surface area contributed by atoms with Gasteiger partial charge in [0.15, 0.2) is 0 Å². The molecule has 1 aromatic rings. The summed E-state index contributed by atoms with van der Waals surface area (Å²) in [5, 5.41) is 9.36. The topological polar surface area (TPSA) is 70.5 Å². The lowest BCUT2D eigenvalue weighted by molar-refractivity contribution is -0.141. The number of hydrogen-bond donors (Lipinski definition) is 1. The second kappa shape index (κ2) is 5.79. The molecule has 2 unspecified atom stereocenters. The molecule has 0 spiro atoms. The minimum atomic E-state index is -0.989. The van der Waals surface area contributed by atoms with Crippen LogP contribution in [0.25, 0.3) is 0 Å². The Hall–Kier alpha value is -1.27. The highest BCUT2D eigenvalue weighted by atomic mass is 35.5. The maximum absolute atomic E-state index is 12.5. The minimum Gasteiger partial charge on any atom is -0.480 e. The average molecular weight is 301 g/mol. The molecule has 1 amide bonds. The first-order valence-corrected chi connectivity index (χ1v) is 7.25. The Morgan fingerprint density at radius 1 is 1.63 bits per heavy atom. The van der Waals surface area contributed by atoms with Crippen LogP contribution in [0.1, 0.15) is 23.7 Å². The van der Waals surface area contributed by atoms with Gasteiger partial charge >= 0.3 is 5.97 Å². The van der Waals surface area contributed by atoms with E-state index in [9.17, 15) is 14.7 Å². The van der Waals surface area contributed by atoms with Crippen molar-refractivity contribution in [1.82, 2.24) is 9.88 Å². The van der Waals surface area contributed by atoms with E-state index < -0.39 is 12.0 Å². The van der Waals surface area contributed by atoms with Gasteiger partial charge in [0.1, 0.15) is 6.04 Å². The van der Waals surface area contributed by atoms with Gasteiger partial charge in [0, 0.05) is 18.1 Å². The largest absolute Gasteiger partial charge is 0.480 e. The van der Waals surface area contributed by atoms with Crippen LogP contribution in [0.15, 0.2) is 18.5 Å². The zero-order valence-corrected chi connectivity index (χ0v) is 11.8. The van der Waals surface area contributed by atoms with E-state index in [2.05, 4.69) is 4.98 Å². The standard InChI is InChI=1S/C12H13ClN2O3S/c1-2-10-15(9(6-19-10)12(17)18)11(16)7-5-14-4-3-8(7)13/h3-5,9-10H,2,6H2,1H3,(H,17,18). The van der Waals surface area contributed by atoms with Gasteiger partial charge in [0.05, 0.1) is 16.0 Å². The van der Waals surface area contributed by atoms with Crippen molar-refractivity contribution in [1.29, 1.82) is 0 Å². The van der Waals surface area contributed by atoms with E-state index >= 15 is 0 Å². The highest BCUT2D eigenvalue weighted by Crippen LogP contribution is 2.33. The normalized spacial score (nSPS) is 22.5. The van der Waals surface area contributed by atoms with E-state index in [0.717, 1.165) is 0 Å². The molecule has 1 saturated heterocycles. The minimum absolute atomic E-state index is 0.134. The number of thioether (sulfide) groups is 1. The molecule has 1 aliphatic heterocycles. The van der Waals surface area contributed by atoms with Gasteiger partial charge in [-0.25, -0.2) is 4.79 Å². The van der Waals surface area contributed by atoms with Gasteiger partial charge in [-0.3, -0.25) is 9.78 Å². The van der Waals surface area contributed by atoms with Gasteiger partial charge in [-0.05, 0) is 12.5 Å². The first-order chi connectivity index (χ1) is 9.06. The van der Waals surface area contributed by atoms with Crippen LogP contribution in [0.5, 0.6) is 0 Å². The highest BCUT2D eigenvalue weighted by molar-refractivity contribution is 8.00. The highest BCUT2D eigenvalue weighted by Gasteiger charge is 2.41. The molecule has 2 heterocycles. The van der Waals surface area contributed by atoms with Crippen molar-refractivity contribution in [3.8, 4) is 0 Å². The van der Waals surface area contributed by atoms with Gasteiger partial charge in [-0.2, -0.15) is 0 Å². The molecule has 1 fully saturated rings. The summed E-state index contributed by atoms with van der Waals surface area (Å²) in [6.07, 6.45) is 3.56. The average Bonchev–Trinajstić information content (AvgIpc) is 2.82. The van der Waals surface area contributed by atoms with Crippen LogP contribution in [0, 0.1) is 0 Å². The predicted molar refractivity (Wildman–Crippen MR) is 73.4 cm³/mol. The molecule has 0 radical (unpaired) electrons. The number of aromatic nitrogens is 1. The number of aliphatic carboxylic acids is 1. The van der Waals surface area contributed by atoms with E-state index in [1.807, 2.05) is 6.92 Å². The van der Waals surface area contributed by atoms with Crippen molar-refractivity contribution in [3.63, 3.8) is 0 Å². The molecule has 1 aliphatic rings. The van der Waals surface area contributed by atoms with Gasteiger partial charge in [0.2, 0.25) is 0 Å². The van der Waals surface area contributed by atoms with E-state index in [4.69, 9.17) is 11.6 Å². The van der Waals surface area contributed by atoms with Gasteiger partial charge in [-0.1, -0.05) is 18.5 Å². The number of amides is 1. The van der Waals surface area contributed by atoms with Gasteiger partial charge in [-0.15, -0.1) is 11.8 Å². The summed E-state index contributed by atoms with van der Waals surface area (Å²) in [6, 6.07) is 0.716. The molecule has 1 N–H and O–H groups in total. The first-order valence-electron chi connectivity index (χ1n) is 5.82. The number of carbonyl (C=O) groups is 2. The number of carboxylic acids is 1. The molecule has 0 saturated carbocycles. The molecule has 1 aromatic heterocycles. The molecule has 2 atom stereocenters. The van der Waals surface area contributed by atoms with Gasteiger partial charge < -0.3 is 10.0 Å². The summed E-state index contributed by atoms with van der Waals surface area (Å²) < 4.78 is 0. The summed E-state index contributed by atoms with van der Waals surface area (Å²) in [5.41, 5.74) is 0.247. The van der Waals surface area contributed by atoms with Crippen molar-refractivity contribution >= 4 is 35.2 Å². The molecule has 0 aliphatic carbocycles. The molecule has 0 aromatic carbocycles. The fourth-order valence-electron chi connectivity index (χ4n) is 2.01. The van der Waals surface area contributed by atoms with Crippen LogP contribution < -0.4 is 0 Å². The van der Waals surface area contributed by atoms with Crippen molar-refractivity contribution in [2.45, 2.75) is 24.8 Å². The lowest BCUT2D eigenvalue weighted by Crippen LogP contribution is -2.45. The van der Waals surface area contributed by atoms with E-state index in [-0.39, 0.29) is 21.9 Å². The maximum Gasteiger partial charge on any atom is 0.327 e. The Morgan fingerprint density at radius 3 is 2.95 bits per heavy atom. The van der Waals surface area contributed by atoms with Crippen LogP contribution >= 0.6 is 23.4 Å². The Kier molecular flexibility index (Phi) is 4.31. The number of halogens is 1. The summed E-state index contributed by atoms with van der Waals surface area (Å²) in [5.74, 6) is -0.962. The fraction of sp³-hybridized carbons (Fsp3) is 0.417. The summed E-state index contributed by atoms with van der Waals surface area (Å²) in [6.45, 7) is 1.92. The zero-order chi connectivity index (χ0) is 14.0. The van der Waals surface area contributed by atoms with Crippen molar-refractivity contribution in [2.75, 3.05) is 5.75 Å². The van der Waals surface area contributed by atoms with Gasteiger partial charge in [0.25, 0.3) is 5.91 Å². The van der Waals surface area contributed by atoms with Crippen LogP contribution in [0.3, 0.4) is 0 Å². The fourth-order valence-corrected chi connectivity index (χ4v) is 3.55. The number of rotatable bonds is 3. The first kappa shape index (κ1) is 14.1. The van der Waals surface area contributed by atoms with E-state index in [1.165, 1.54) is 35.1 Å². The summed E-state index contributed by atoms with van der Waals surface area (Å²) in [4.78, 5) is 29.0. The molecule has 0 bridgehead atoms. The van der Waals surface area contributed by atoms with E-state index in [0.29, 0.717) is 12.2 Å². The van der Waals surface area contributed by atoms with Crippen molar-refractivity contribution in [3.05, 3.63) is 29.0 Å². The SMILES string of the molecule is CCC1SCC(C(=O)O)N1C(=O)c1cnccc1Cl. The Bertz CT molecular complexity index is 512. The molecular weight excluding hydrogens is 288 g/mol. The number of pyridine rings is 1. The number of carbonyl (C=O) groups excluding carboxylic acids is 1. The van der Waals surface area contributed by atoms with Crippen LogP contribution in [-0.2, 0) is 4.79 Å². The smallest absolute Gasteiger partial charge is 0.327 e. The van der Waals surface area contributed by atoms with Crippen molar-refractivity contribution in [2.24, 2.45) is 0 Å². The van der Waals surface area contributed by atoms with Crippen LogP contribution in [-0.4, -0.2) is 44.0 Å². The maximum atomic E-state index is 12.5. The van der Waals surface area contributed by atoms with Crippen LogP contribution in [0.2, 0.25) is 5.02 Å². The number of hydrogen-bond acceptors (Lipinski definition) is 4. The van der Waals surface area contributed by atoms with Crippen LogP contribution in [0.4, 0.5) is 0 Å². The molecular formula is C12H13ClN2O3S. The molecule has 7 heteroatoms. The monoisotopic (exact) mass is 300 g/mol. The summed E-state index contributed by atoms with van der Waals surface area (Å²) >= 11 is 7.45.